The highest BCUT2D eigenvalue weighted by Crippen LogP contribution is 2.17. The van der Waals surface area contributed by atoms with Gasteiger partial charge in [0.2, 0.25) is 5.91 Å². The van der Waals surface area contributed by atoms with E-state index in [1.165, 1.54) is 0 Å². The van der Waals surface area contributed by atoms with Crippen LogP contribution in [0.2, 0.25) is 0 Å². The van der Waals surface area contributed by atoms with E-state index < -0.39 is 25.3 Å². The molecule has 0 unspecified atom stereocenters. The fraction of sp³-hybridized carbons (Fsp3) is 0.357. The van der Waals surface area contributed by atoms with E-state index in [9.17, 15) is 18.0 Å². The van der Waals surface area contributed by atoms with Gasteiger partial charge in [0.25, 0.3) is 0 Å². The summed E-state index contributed by atoms with van der Waals surface area (Å²) in [7, 11) is 0. The third-order valence-electron chi connectivity index (χ3n) is 2.27. The molecule has 0 saturated heterocycles. The normalized spacial score (nSPS) is 10.7. The molecule has 3 N–H and O–H groups in total. The van der Waals surface area contributed by atoms with E-state index in [4.69, 9.17) is 5.73 Å². The van der Waals surface area contributed by atoms with E-state index in [-0.39, 0.29) is 6.54 Å². The summed E-state index contributed by atoms with van der Waals surface area (Å²) in [4.78, 5) is 11.5. The summed E-state index contributed by atoms with van der Waals surface area (Å²) in [6, 6.07) is 5.12. The predicted molar refractivity (Wildman–Crippen MR) is 72.6 cm³/mol. The minimum absolute atomic E-state index is 0.163. The van der Waals surface area contributed by atoms with E-state index in [2.05, 4.69) is 21.9 Å². The molecule has 0 heterocycles. The lowest BCUT2D eigenvalue weighted by Crippen LogP contribution is -2.24. The van der Waals surface area contributed by atoms with Crippen molar-refractivity contribution in [3.05, 3.63) is 29.3 Å². The minimum Gasteiger partial charge on any atom is -0.362 e. The second-order valence-electron chi connectivity index (χ2n) is 4.21. The number of halogens is 3. The largest absolute Gasteiger partial charge is 0.411 e. The highest BCUT2D eigenvalue weighted by molar-refractivity contribution is 5.93. The molecule has 0 fully saturated rings. The van der Waals surface area contributed by atoms with Gasteiger partial charge in [-0.3, -0.25) is 4.79 Å². The Labute approximate surface area is 120 Å². The third kappa shape index (κ3) is 6.79. The first-order chi connectivity index (χ1) is 9.81. The van der Waals surface area contributed by atoms with Crippen LogP contribution in [-0.4, -0.2) is 31.8 Å². The van der Waals surface area contributed by atoms with Gasteiger partial charge in [-0.2, -0.15) is 13.2 Å². The number of hydrogen-bond acceptors (Lipinski definition) is 3. The molecule has 0 atom stereocenters. The Morgan fingerprint density at radius 1 is 1.43 bits per heavy atom. The van der Waals surface area contributed by atoms with Crippen molar-refractivity contribution in [1.82, 2.24) is 0 Å². The zero-order valence-electron chi connectivity index (χ0n) is 11.4. The van der Waals surface area contributed by atoms with E-state index in [1.807, 2.05) is 6.92 Å². The molecule has 1 aromatic rings. The summed E-state index contributed by atoms with van der Waals surface area (Å²) in [6.07, 6.45) is -4.46. The molecule has 0 bridgehead atoms. The maximum Gasteiger partial charge on any atom is 0.411 e. The van der Waals surface area contributed by atoms with Crippen LogP contribution in [0.3, 0.4) is 0 Å². The van der Waals surface area contributed by atoms with Crippen LogP contribution in [0, 0.1) is 18.8 Å². The van der Waals surface area contributed by atoms with Gasteiger partial charge >= 0.3 is 6.18 Å². The zero-order chi connectivity index (χ0) is 15.9. The molecule has 0 aliphatic rings. The summed E-state index contributed by atoms with van der Waals surface area (Å²) in [5.41, 5.74) is 7.17. The van der Waals surface area contributed by atoms with Crippen LogP contribution in [0.1, 0.15) is 11.1 Å². The topological polar surface area (TPSA) is 64.3 Å². The van der Waals surface area contributed by atoms with Crippen LogP contribution in [0.4, 0.5) is 18.9 Å². The maximum atomic E-state index is 11.9. The van der Waals surface area contributed by atoms with E-state index in [0.29, 0.717) is 11.3 Å². The Kier molecular flexibility index (Phi) is 6.21. The molecule has 21 heavy (non-hydrogen) atoms. The molecule has 0 saturated carbocycles. The number of ether oxygens (including phenoxy) is 1. The Morgan fingerprint density at radius 2 is 2.14 bits per heavy atom. The quantitative estimate of drug-likeness (QED) is 0.834. The SMILES string of the molecule is Cc1ccc(NC(=O)COCC(F)(F)F)c(C#CCN)c1. The number of nitrogens with two attached hydrogens (primary N) is 1. The monoisotopic (exact) mass is 300 g/mol. The molecule has 1 aromatic carbocycles. The van der Waals surface area contributed by atoms with Gasteiger partial charge in [0.1, 0.15) is 13.2 Å². The summed E-state index contributed by atoms with van der Waals surface area (Å²) in [5, 5.41) is 2.46. The number of anilines is 1. The fourth-order valence-electron chi connectivity index (χ4n) is 1.46. The van der Waals surface area contributed by atoms with Gasteiger partial charge in [-0.25, -0.2) is 0 Å². The Balaban J connectivity index is 2.67. The number of aryl methyl sites for hydroxylation is 1. The van der Waals surface area contributed by atoms with E-state index in [0.717, 1.165) is 5.56 Å². The number of alkyl halides is 3. The second kappa shape index (κ2) is 7.67. The Morgan fingerprint density at radius 3 is 2.76 bits per heavy atom. The van der Waals surface area contributed by atoms with Gasteiger partial charge in [-0.05, 0) is 24.6 Å². The number of amides is 1. The first-order valence-corrected chi connectivity index (χ1v) is 6.06. The molecule has 114 valence electrons. The molecular weight excluding hydrogens is 285 g/mol. The smallest absolute Gasteiger partial charge is 0.362 e. The van der Waals surface area contributed by atoms with Crippen LogP contribution in [-0.2, 0) is 9.53 Å². The minimum atomic E-state index is -4.46. The summed E-state index contributed by atoms with van der Waals surface area (Å²) in [5.74, 6) is 4.76. The number of carbonyl (C=O) groups is 1. The fourth-order valence-corrected chi connectivity index (χ4v) is 1.46. The Bertz CT molecular complexity index is 560. The highest BCUT2D eigenvalue weighted by atomic mass is 19.4. The standard InChI is InChI=1S/C14H15F3N2O2/c1-10-4-5-12(11(7-10)3-2-6-18)19-13(20)8-21-9-14(15,16)17/h4-5,7H,6,8-9,18H2,1H3,(H,19,20). The summed E-state index contributed by atoms with van der Waals surface area (Å²) in [6.45, 7) is -0.132. The van der Waals surface area contributed by atoms with E-state index >= 15 is 0 Å². The lowest BCUT2D eigenvalue weighted by molar-refractivity contribution is -0.174. The van der Waals surface area contributed by atoms with E-state index in [1.54, 1.807) is 18.2 Å². The first-order valence-electron chi connectivity index (χ1n) is 6.06. The molecule has 4 nitrogen and oxygen atoms in total. The molecule has 0 radical (unpaired) electrons. The van der Waals surface area contributed by atoms with Crippen LogP contribution < -0.4 is 11.1 Å². The van der Waals surface area contributed by atoms with Gasteiger partial charge in [0, 0.05) is 5.56 Å². The molecule has 0 spiro atoms. The Hall–Kier alpha value is -2.04. The molecule has 0 aliphatic heterocycles. The number of rotatable bonds is 4. The average molecular weight is 300 g/mol. The third-order valence-corrected chi connectivity index (χ3v) is 2.27. The molecule has 1 rings (SSSR count). The van der Waals surface area contributed by atoms with Gasteiger partial charge in [0.15, 0.2) is 0 Å². The van der Waals surface area contributed by atoms with Crippen molar-refractivity contribution in [2.75, 3.05) is 25.1 Å². The van der Waals surface area contributed by atoms with Crippen molar-refractivity contribution < 1.29 is 22.7 Å². The number of hydrogen-bond donors (Lipinski definition) is 2. The average Bonchev–Trinajstić information content (AvgIpc) is 2.37. The molecule has 0 aliphatic carbocycles. The van der Waals surface area contributed by atoms with Crippen LogP contribution >= 0.6 is 0 Å². The van der Waals surface area contributed by atoms with Crippen molar-refractivity contribution in [1.29, 1.82) is 0 Å². The lowest BCUT2D eigenvalue weighted by atomic mass is 10.1. The molecule has 0 aromatic heterocycles. The van der Waals surface area contributed by atoms with Crippen LogP contribution in [0.25, 0.3) is 0 Å². The van der Waals surface area contributed by atoms with Crippen molar-refractivity contribution in [2.45, 2.75) is 13.1 Å². The predicted octanol–water partition coefficient (Wildman–Crippen LogP) is 1.82. The van der Waals surface area contributed by atoms with Crippen LogP contribution in [0.15, 0.2) is 18.2 Å². The van der Waals surface area contributed by atoms with Gasteiger partial charge in [0.05, 0.1) is 12.2 Å². The lowest BCUT2D eigenvalue weighted by Gasteiger charge is -2.10. The van der Waals surface area contributed by atoms with Crippen molar-refractivity contribution in [2.24, 2.45) is 5.73 Å². The summed E-state index contributed by atoms with van der Waals surface area (Å²) < 4.78 is 40.0. The molecule has 7 heteroatoms. The zero-order valence-corrected chi connectivity index (χ0v) is 11.4. The second-order valence-corrected chi connectivity index (χ2v) is 4.21. The number of nitrogens with one attached hydrogen (secondary N) is 1. The van der Waals surface area contributed by atoms with Crippen molar-refractivity contribution >= 4 is 11.6 Å². The van der Waals surface area contributed by atoms with Crippen molar-refractivity contribution in [3.63, 3.8) is 0 Å². The number of carbonyl (C=O) groups excluding carboxylic acids is 1. The first kappa shape index (κ1) is 17.0. The van der Waals surface area contributed by atoms with Gasteiger partial charge < -0.3 is 15.8 Å². The molecular formula is C14H15F3N2O2. The number of benzene rings is 1. The molecule has 1 amide bonds. The van der Waals surface area contributed by atoms with Gasteiger partial charge in [-0.15, -0.1) is 0 Å². The van der Waals surface area contributed by atoms with Crippen molar-refractivity contribution in [3.8, 4) is 11.8 Å². The van der Waals surface area contributed by atoms with Crippen LogP contribution in [0.5, 0.6) is 0 Å². The van der Waals surface area contributed by atoms with Gasteiger partial charge in [-0.1, -0.05) is 17.9 Å². The highest BCUT2D eigenvalue weighted by Gasteiger charge is 2.27. The summed E-state index contributed by atoms with van der Waals surface area (Å²) >= 11 is 0. The maximum absolute atomic E-state index is 11.9.